The summed E-state index contributed by atoms with van der Waals surface area (Å²) in [5.41, 5.74) is 2.02. The fourth-order valence-corrected chi connectivity index (χ4v) is 4.58. The van der Waals surface area contributed by atoms with Crippen molar-refractivity contribution in [2.75, 3.05) is 20.2 Å². The maximum atomic E-state index is 12.8. The molecular weight excluding hydrogens is 414 g/mol. The van der Waals surface area contributed by atoms with Crippen molar-refractivity contribution in [3.8, 4) is 5.75 Å². The molecule has 1 saturated heterocycles. The summed E-state index contributed by atoms with van der Waals surface area (Å²) in [6, 6.07) is 14.3. The third-order valence-electron chi connectivity index (χ3n) is 5.80. The van der Waals surface area contributed by atoms with Gasteiger partial charge in [0, 0.05) is 6.04 Å². The number of primary sulfonamides is 1. The van der Waals surface area contributed by atoms with Crippen LogP contribution in [0.1, 0.15) is 55.8 Å². The molecule has 0 spiro atoms. The minimum absolute atomic E-state index is 0.0524. The van der Waals surface area contributed by atoms with Crippen molar-refractivity contribution in [1.29, 1.82) is 0 Å². The number of likely N-dealkylation sites (tertiary alicyclic amines) is 1. The molecule has 3 rings (SSSR count). The molecule has 1 aliphatic rings. The van der Waals surface area contributed by atoms with Crippen molar-refractivity contribution >= 4 is 15.9 Å². The van der Waals surface area contributed by atoms with E-state index in [1.165, 1.54) is 17.7 Å². The van der Waals surface area contributed by atoms with Gasteiger partial charge in [0.1, 0.15) is 5.75 Å². The number of rotatable bonds is 7. The van der Waals surface area contributed by atoms with E-state index in [0.29, 0.717) is 6.54 Å². The third kappa shape index (κ3) is 6.29. The quantitative estimate of drug-likeness (QED) is 0.682. The molecule has 2 aromatic carbocycles. The topological polar surface area (TPSA) is 102 Å². The highest BCUT2D eigenvalue weighted by Gasteiger charge is 2.25. The Kier molecular flexibility index (Phi) is 7.69. The molecule has 0 radical (unpaired) electrons. The summed E-state index contributed by atoms with van der Waals surface area (Å²) in [5.74, 6) is 0.771. The number of sulfonamides is 1. The van der Waals surface area contributed by atoms with E-state index < -0.39 is 10.0 Å². The monoisotopic (exact) mass is 445 g/mol. The summed E-state index contributed by atoms with van der Waals surface area (Å²) in [6.45, 7) is 3.07. The zero-order chi connectivity index (χ0) is 22.4. The first-order valence-corrected chi connectivity index (χ1v) is 12.1. The van der Waals surface area contributed by atoms with Gasteiger partial charge in [0.15, 0.2) is 0 Å². The summed E-state index contributed by atoms with van der Waals surface area (Å²) in [6.07, 6.45) is 4.40. The number of methoxy groups -OCH3 is 1. The van der Waals surface area contributed by atoms with Gasteiger partial charge >= 0.3 is 0 Å². The zero-order valence-corrected chi connectivity index (χ0v) is 18.9. The minimum Gasteiger partial charge on any atom is -0.497 e. The number of ether oxygens (including phenoxy) is 1. The van der Waals surface area contributed by atoms with Gasteiger partial charge < -0.3 is 10.1 Å². The molecule has 7 nitrogen and oxygen atoms in total. The number of carbonyl (C=O) groups is 1. The van der Waals surface area contributed by atoms with Crippen LogP contribution in [0.2, 0.25) is 0 Å². The first-order chi connectivity index (χ1) is 14.8. The molecular formula is C23H31N3O4S. The van der Waals surface area contributed by atoms with E-state index in [1.54, 1.807) is 19.2 Å². The zero-order valence-electron chi connectivity index (χ0n) is 18.1. The second-order valence-electron chi connectivity index (χ2n) is 8.01. The van der Waals surface area contributed by atoms with Crippen LogP contribution in [0.4, 0.5) is 0 Å². The highest BCUT2D eigenvalue weighted by molar-refractivity contribution is 7.89. The predicted octanol–water partition coefficient (Wildman–Crippen LogP) is 3.14. The second-order valence-corrected chi connectivity index (χ2v) is 9.57. The van der Waals surface area contributed by atoms with Gasteiger partial charge in [-0.1, -0.05) is 37.1 Å². The molecule has 1 aliphatic heterocycles. The van der Waals surface area contributed by atoms with Crippen LogP contribution in [0.15, 0.2) is 53.4 Å². The average molecular weight is 446 g/mol. The number of nitrogens with two attached hydrogens (primary N) is 1. The summed E-state index contributed by atoms with van der Waals surface area (Å²) in [7, 11) is -2.08. The molecule has 31 heavy (non-hydrogen) atoms. The van der Waals surface area contributed by atoms with Gasteiger partial charge in [0.05, 0.1) is 24.6 Å². The summed E-state index contributed by atoms with van der Waals surface area (Å²) in [4.78, 5) is 15.1. The molecule has 0 aliphatic carbocycles. The Balaban J connectivity index is 1.66. The second kappa shape index (κ2) is 10.3. The van der Waals surface area contributed by atoms with E-state index in [0.717, 1.165) is 43.5 Å². The SMILES string of the molecule is COc1ccc([C@@H]2CCCCCN2CC(=O)N[C@H](C)c2ccc(S(N)(=O)=O)cc2)cc1. The van der Waals surface area contributed by atoms with Crippen LogP contribution in [0.3, 0.4) is 0 Å². The number of hydrogen-bond donors (Lipinski definition) is 2. The van der Waals surface area contributed by atoms with Crippen molar-refractivity contribution < 1.29 is 17.9 Å². The van der Waals surface area contributed by atoms with Gasteiger partial charge in [-0.25, -0.2) is 13.6 Å². The Morgan fingerprint density at radius 1 is 1.13 bits per heavy atom. The van der Waals surface area contributed by atoms with Crippen LogP contribution in [0.5, 0.6) is 5.75 Å². The van der Waals surface area contributed by atoms with E-state index in [9.17, 15) is 13.2 Å². The minimum atomic E-state index is -3.73. The van der Waals surface area contributed by atoms with Gasteiger partial charge in [-0.05, 0) is 61.7 Å². The van der Waals surface area contributed by atoms with Crippen molar-refractivity contribution in [2.24, 2.45) is 5.14 Å². The molecule has 0 unspecified atom stereocenters. The van der Waals surface area contributed by atoms with E-state index >= 15 is 0 Å². The lowest BCUT2D eigenvalue weighted by atomic mass is 10.0. The van der Waals surface area contributed by atoms with Crippen molar-refractivity contribution in [3.63, 3.8) is 0 Å². The lowest BCUT2D eigenvalue weighted by molar-refractivity contribution is -0.123. The number of benzene rings is 2. The molecule has 0 aromatic heterocycles. The highest BCUT2D eigenvalue weighted by atomic mass is 32.2. The van der Waals surface area contributed by atoms with E-state index in [2.05, 4.69) is 22.3 Å². The summed E-state index contributed by atoms with van der Waals surface area (Å²) in [5, 5.41) is 8.18. The normalized spacial score (nSPS) is 18.7. The lowest BCUT2D eigenvalue weighted by Gasteiger charge is -2.30. The van der Waals surface area contributed by atoms with Crippen molar-refractivity contribution in [3.05, 3.63) is 59.7 Å². The summed E-state index contributed by atoms with van der Waals surface area (Å²) >= 11 is 0. The van der Waals surface area contributed by atoms with Gasteiger partial charge in [0.2, 0.25) is 15.9 Å². The molecule has 0 bridgehead atoms. The van der Waals surface area contributed by atoms with E-state index in [-0.39, 0.29) is 22.9 Å². The Hall–Kier alpha value is -2.42. The number of nitrogens with one attached hydrogen (secondary N) is 1. The predicted molar refractivity (Wildman–Crippen MR) is 120 cm³/mol. The van der Waals surface area contributed by atoms with E-state index in [1.807, 2.05) is 19.1 Å². The van der Waals surface area contributed by atoms with Crippen molar-refractivity contribution in [2.45, 2.75) is 49.6 Å². The molecule has 1 fully saturated rings. The Morgan fingerprint density at radius 2 is 1.81 bits per heavy atom. The lowest BCUT2D eigenvalue weighted by Crippen LogP contribution is -2.40. The number of carbonyl (C=O) groups excluding carboxylic acids is 1. The number of amides is 1. The van der Waals surface area contributed by atoms with Gasteiger partial charge in [-0.3, -0.25) is 9.69 Å². The fraction of sp³-hybridized carbons (Fsp3) is 0.435. The Labute approximate surface area is 184 Å². The van der Waals surface area contributed by atoms with Gasteiger partial charge in [-0.2, -0.15) is 0 Å². The first kappa shape index (κ1) is 23.2. The van der Waals surface area contributed by atoms with Crippen LogP contribution in [-0.4, -0.2) is 39.4 Å². The number of hydrogen-bond acceptors (Lipinski definition) is 5. The van der Waals surface area contributed by atoms with Crippen LogP contribution in [0.25, 0.3) is 0 Å². The smallest absolute Gasteiger partial charge is 0.238 e. The van der Waals surface area contributed by atoms with Gasteiger partial charge in [-0.15, -0.1) is 0 Å². The van der Waals surface area contributed by atoms with Crippen LogP contribution < -0.4 is 15.2 Å². The summed E-state index contributed by atoms with van der Waals surface area (Å²) < 4.78 is 28.1. The molecule has 1 heterocycles. The average Bonchev–Trinajstić information content (AvgIpc) is 2.98. The first-order valence-electron chi connectivity index (χ1n) is 10.6. The molecule has 168 valence electrons. The van der Waals surface area contributed by atoms with Crippen LogP contribution in [0, 0.1) is 0 Å². The third-order valence-corrected chi connectivity index (χ3v) is 6.73. The standard InChI is InChI=1S/C23H31N3O4S/c1-17(18-9-13-21(14-10-18)31(24,28)29)25-23(27)16-26-15-5-3-4-6-22(26)19-7-11-20(30-2)12-8-19/h7-14,17,22H,3-6,15-16H2,1-2H3,(H,25,27)(H2,24,28,29)/t17-,22+/m1/s1. The number of nitrogens with zero attached hydrogens (tertiary/aromatic N) is 1. The van der Waals surface area contributed by atoms with Crippen molar-refractivity contribution in [1.82, 2.24) is 10.2 Å². The molecule has 1 amide bonds. The fourth-order valence-electron chi connectivity index (χ4n) is 4.06. The van der Waals surface area contributed by atoms with Crippen LogP contribution in [-0.2, 0) is 14.8 Å². The Morgan fingerprint density at radius 3 is 2.42 bits per heavy atom. The molecule has 0 saturated carbocycles. The molecule has 3 N–H and O–H groups in total. The maximum Gasteiger partial charge on any atom is 0.238 e. The van der Waals surface area contributed by atoms with Gasteiger partial charge in [0.25, 0.3) is 0 Å². The van der Waals surface area contributed by atoms with E-state index in [4.69, 9.17) is 9.88 Å². The molecule has 2 aromatic rings. The van der Waals surface area contributed by atoms with Crippen LogP contribution >= 0.6 is 0 Å². The Bertz CT molecular complexity index is 975. The molecule has 8 heteroatoms. The molecule has 2 atom stereocenters. The maximum absolute atomic E-state index is 12.8. The largest absolute Gasteiger partial charge is 0.497 e. The highest BCUT2D eigenvalue weighted by Crippen LogP contribution is 2.31.